The van der Waals surface area contributed by atoms with E-state index in [1.807, 2.05) is 6.07 Å². The van der Waals surface area contributed by atoms with Crippen molar-refractivity contribution in [2.75, 3.05) is 45.9 Å². The summed E-state index contributed by atoms with van der Waals surface area (Å²) in [6.45, 7) is 13.0. The van der Waals surface area contributed by atoms with Crippen molar-refractivity contribution in [3.63, 3.8) is 0 Å². The fourth-order valence-corrected chi connectivity index (χ4v) is 6.99. The monoisotopic (exact) mass is 463 g/mol. The number of hydrogen-bond acceptors (Lipinski definition) is 5. The Morgan fingerprint density at radius 3 is 2.44 bits per heavy atom. The van der Waals surface area contributed by atoms with E-state index < -0.39 is 10.0 Å². The van der Waals surface area contributed by atoms with Crippen LogP contribution in [0.1, 0.15) is 77.3 Å². The third-order valence-electron chi connectivity index (χ3n) is 7.76. The van der Waals surface area contributed by atoms with Gasteiger partial charge >= 0.3 is 0 Å². The van der Waals surface area contributed by atoms with Gasteiger partial charge in [0.15, 0.2) is 0 Å². The van der Waals surface area contributed by atoms with Gasteiger partial charge in [0.05, 0.1) is 0 Å². The number of piperidine rings is 2. The predicted molar refractivity (Wildman–Crippen MR) is 127 cm³/mol. The van der Waals surface area contributed by atoms with Crippen LogP contribution in [0, 0.1) is 10.8 Å². The van der Waals surface area contributed by atoms with Crippen molar-refractivity contribution in [1.29, 1.82) is 0 Å². The number of likely N-dealkylation sites (tertiary alicyclic amines) is 1. The zero-order valence-electron chi connectivity index (χ0n) is 20.2. The highest BCUT2D eigenvalue weighted by atomic mass is 32.2. The summed E-state index contributed by atoms with van der Waals surface area (Å²) in [5, 5.41) is 0. The second-order valence-corrected chi connectivity index (χ2v) is 13.3. The molecule has 32 heavy (non-hydrogen) atoms. The molecule has 3 aliphatic heterocycles. The number of sulfonamides is 1. The molecule has 3 aliphatic rings. The Morgan fingerprint density at radius 1 is 1.09 bits per heavy atom. The normalized spacial score (nSPS) is 24.1. The van der Waals surface area contributed by atoms with Crippen LogP contribution in [0.25, 0.3) is 0 Å². The summed E-state index contributed by atoms with van der Waals surface area (Å²) in [4.78, 5) is 7.46. The molecule has 0 unspecified atom stereocenters. The van der Waals surface area contributed by atoms with E-state index in [2.05, 4.69) is 30.7 Å². The fraction of sp³-hybridized carbons (Fsp3) is 0.800. The molecular weight excluding hydrogens is 422 g/mol. The number of nitrogens with zero attached hydrogens (tertiary/aromatic N) is 3. The molecule has 1 aromatic heterocycles. The van der Waals surface area contributed by atoms with Gasteiger partial charge in [-0.1, -0.05) is 20.8 Å². The molecule has 0 aliphatic carbocycles. The van der Waals surface area contributed by atoms with Gasteiger partial charge in [0, 0.05) is 44.1 Å². The summed E-state index contributed by atoms with van der Waals surface area (Å²) in [6, 6.07) is 3.68. The first-order valence-corrected chi connectivity index (χ1v) is 13.9. The van der Waals surface area contributed by atoms with Crippen LogP contribution < -0.4 is 0 Å². The van der Waals surface area contributed by atoms with Crippen molar-refractivity contribution >= 4 is 10.0 Å². The van der Waals surface area contributed by atoms with Gasteiger partial charge in [-0.05, 0) is 87.5 Å². The average Bonchev–Trinajstić information content (AvgIpc) is 2.79. The summed E-state index contributed by atoms with van der Waals surface area (Å²) < 4.78 is 34.0. The van der Waals surface area contributed by atoms with Crippen molar-refractivity contribution in [1.82, 2.24) is 14.2 Å². The standard InChI is InChI=1S/C25H41N3O3S/c1-24(2,3)10-14-27-15-11-25(12-16-27)9-4-13-28(20-25)32(29,30)22-5-6-23(26-19-22)21-7-17-31-18-8-21/h5-6,19,21H,4,7-18,20H2,1-3H3. The third kappa shape index (κ3) is 5.72. The molecule has 0 aromatic carbocycles. The topological polar surface area (TPSA) is 62.7 Å². The van der Waals surface area contributed by atoms with E-state index in [0.29, 0.717) is 29.3 Å². The van der Waals surface area contributed by atoms with Gasteiger partial charge in [-0.2, -0.15) is 4.31 Å². The molecule has 4 rings (SSSR count). The first kappa shape index (κ1) is 24.1. The van der Waals surface area contributed by atoms with Gasteiger partial charge in [0.2, 0.25) is 10.0 Å². The zero-order chi connectivity index (χ0) is 22.8. The van der Waals surface area contributed by atoms with Crippen molar-refractivity contribution in [2.24, 2.45) is 10.8 Å². The number of aromatic nitrogens is 1. The SMILES string of the molecule is CC(C)(C)CCN1CCC2(CCCN(S(=O)(=O)c3ccc(C4CCOCC4)nc3)C2)CC1. The van der Waals surface area contributed by atoms with Crippen molar-refractivity contribution in [2.45, 2.75) is 76.5 Å². The smallest absolute Gasteiger partial charge is 0.244 e. The minimum atomic E-state index is -3.50. The van der Waals surface area contributed by atoms with Gasteiger partial charge in [0.1, 0.15) is 4.90 Å². The Hall–Kier alpha value is -1.02. The Balaban J connectivity index is 1.38. The number of pyridine rings is 1. The molecule has 0 radical (unpaired) electrons. The first-order valence-electron chi connectivity index (χ1n) is 12.4. The van der Waals surface area contributed by atoms with E-state index >= 15 is 0 Å². The van der Waals surface area contributed by atoms with E-state index in [9.17, 15) is 8.42 Å². The minimum Gasteiger partial charge on any atom is -0.381 e. The zero-order valence-corrected chi connectivity index (χ0v) is 21.0. The molecule has 3 fully saturated rings. The van der Waals surface area contributed by atoms with E-state index in [4.69, 9.17) is 4.74 Å². The van der Waals surface area contributed by atoms with Crippen LogP contribution in [-0.2, 0) is 14.8 Å². The molecule has 1 aromatic rings. The van der Waals surface area contributed by atoms with Crippen LogP contribution in [0.5, 0.6) is 0 Å². The van der Waals surface area contributed by atoms with Crippen LogP contribution >= 0.6 is 0 Å². The molecule has 0 bridgehead atoms. The number of hydrogen-bond donors (Lipinski definition) is 0. The summed E-state index contributed by atoms with van der Waals surface area (Å²) in [5.74, 6) is 0.377. The van der Waals surface area contributed by atoms with E-state index in [1.54, 1.807) is 16.6 Å². The highest BCUT2D eigenvalue weighted by molar-refractivity contribution is 7.89. The molecule has 0 saturated carbocycles. The molecule has 0 atom stereocenters. The van der Waals surface area contributed by atoms with Crippen LogP contribution in [0.15, 0.2) is 23.2 Å². The quantitative estimate of drug-likeness (QED) is 0.652. The largest absolute Gasteiger partial charge is 0.381 e. The van der Waals surface area contributed by atoms with E-state index in [0.717, 1.165) is 77.1 Å². The summed E-state index contributed by atoms with van der Waals surface area (Å²) in [6.07, 6.45) is 9.00. The average molecular weight is 464 g/mol. The maximum atomic E-state index is 13.4. The van der Waals surface area contributed by atoms with Crippen LogP contribution in [-0.4, -0.2) is 68.5 Å². The van der Waals surface area contributed by atoms with Gasteiger partial charge in [-0.15, -0.1) is 0 Å². The van der Waals surface area contributed by atoms with E-state index in [1.165, 1.54) is 6.42 Å². The lowest BCUT2D eigenvalue weighted by Crippen LogP contribution is -2.51. The number of ether oxygens (including phenoxy) is 1. The van der Waals surface area contributed by atoms with E-state index in [-0.39, 0.29) is 5.41 Å². The third-order valence-corrected chi connectivity index (χ3v) is 9.59. The lowest BCUT2D eigenvalue weighted by Gasteiger charge is -2.47. The van der Waals surface area contributed by atoms with Crippen LogP contribution in [0.3, 0.4) is 0 Å². The fourth-order valence-electron chi connectivity index (χ4n) is 5.45. The molecule has 1 spiro atoms. The maximum absolute atomic E-state index is 13.4. The Kier molecular flexibility index (Phi) is 7.30. The minimum absolute atomic E-state index is 0.138. The number of rotatable bonds is 5. The Morgan fingerprint density at radius 2 is 1.81 bits per heavy atom. The lowest BCUT2D eigenvalue weighted by molar-refractivity contribution is 0.0485. The first-order chi connectivity index (χ1) is 15.2. The summed E-state index contributed by atoms with van der Waals surface area (Å²) in [7, 11) is -3.50. The highest BCUT2D eigenvalue weighted by Crippen LogP contribution is 2.41. The van der Waals surface area contributed by atoms with Crippen molar-refractivity contribution in [3.8, 4) is 0 Å². The van der Waals surface area contributed by atoms with Crippen LogP contribution in [0.4, 0.5) is 0 Å². The Bertz CT molecular complexity index is 849. The molecule has 180 valence electrons. The predicted octanol–water partition coefficient (Wildman–Crippen LogP) is 4.28. The van der Waals surface area contributed by atoms with Crippen LogP contribution in [0.2, 0.25) is 0 Å². The maximum Gasteiger partial charge on any atom is 0.244 e. The van der Waals surface area contributed by atoms with Gasteiger partial charge in [-0.3, -0.25) is 4.98 Å². The molecule has 0 amide bonds. The van der Waals surface area contributed by atoms with Crippen molar-refractivity contribution < 1.29 is 13.2 Å². The molecule has 0 N–H and O–H groups in total. The van der Waals surface area contributed by atoms with Gasteiger partial charge < -0.3 is 9.64 Å². The summed E-state index contributed by atoms with van der Waals surface area (Å²) in [5.41, 5.74) is 1.49. The highest BCUT2D eigenvalue weighted by Gasteiger charge is 2.42. The second kappa shape index (κ2) is 9.69. The van der Waals surface area contributed by atoms with Gasteiger partial charge in [-0.25, -0.2) is 8.42 Å². The van der Waals surface area contributed by atoms with Crippen molar-refractivity contribution in [3.05, 3.63) is 24.0 Å². The lowest BCUT2D eigenvalue weighted by atomic mass is 9.73. The molecule has 7 heteroatoms. The summed E-state index contributed by atoms with van der Waals surface area (Å²) >= 11 is 0. The van der Waals surface area contributed by atoms with Gasteiger partial charge in [0.25, 0.3) is 0 Å². The molecule has 6 nitrogen and oxygen atoms in total. The molecular formula is C25H41N3O3S. The Labute approximate surface area is 194 Å². The molecule has 4 heterocycles. The second-order valence-electron chi connectivity index (χ2n) is 11.4. The molecule has 3 saturated heterocycles.